The molecule has 2 aromatic rings. The first-order valence-electron chi connectivity index (χ1n) is 9.25. The van der Waals surface area contributed by atoms with Gasteiger partial charge in [0.25, 0.3) is 0 Å². The lowest BCUT2D eigenvalue weighted by Crippen LogP contribution is -2.52. The zero-order valence-corrected chi connectivity index (χ0v) is 15.4. The molecule has 1 saturated heterocycles. The summed E-state index contributed by atoms with van der Waals surface area (Å²) in [4.78, 5) is 13.8. The Hall–Kier alpha value is -2.73. The number of fused-ring (bicyclic) bond motifs is 1. The summed E-state index contributed by atoms with van der Waals surface area (Å²) in [5.41, 5.74) is 2.26. The Labute approximate surface area is 159 Å². The highest BCUT2D eigenvalue weighted by Crippen LogP contribution is 2.31. The highest BCUT2D eigenvalue weighted by Gasteiger charge is 2.31. The van der Waals surface area contributed by atoms with E-state index in [9.17, 15) is 4.79 Å². The first-order valence-corrected chi connectivity index (χ1v) is 9.25. The number of carbonyl (C=O) groups is 1. The Kier molecular flexibility index (Phi) is 5.16. The fourth-order valence-electron chi connectivity index (χ4n) is 3.36. The molecule has 2 heterocycles. The molecule has 0 aromatic heterocycles. The average molecular weight is 368 g/mol. The molecule has 2 aliphatic heterocycles. The van der Waals surface area contributed by atoms with Crippen LogP contribution < -0.4 is 19.5 Å². The van der Waals surface area contributed by atoms with Crippen molar-refractivity contribution in [1.29, 1.82) is 0 Å². The smallest absolute Gasteiger partial charge is 0.225 e. The molecule has 1 N–H and O–H groups in total. The van der Waals surface area contributed by atoms with Gasteiger partial charge in [-0.3, -0.25) is 9.69 Å². The van der Waals surface area contributed by atoms with Gasteiger partial charge in [-0.2, -0.15) is 0 Å². The summed E-state index contributed by atoms with van der Waals surface area (Å²) in [6, 6.07) is 14.0. The standard InChI is InChI=1S/C21H24N2O4/c1-22-21(24)17-12-23(13-17)11-15-2-5-18(6-3-15)27-14-16-4-7-19-20(10-16)26-9-8-25-19/h2-7,10,17H,8-9,11-14H2,1H3,(H,22,24). The van der Waals surface area contributed by atoms with Gasteiger partial charge in [-0.15, -0.1) is 0 Å². The molecule has 2 aliphatic rings. The highest BCUT2D eigenvalue weighted by molar-refractivity contribution is 5.79. The summed E-state index contributed by atoms with van der Waals surface area (Å²) < 4.78 is 17.0. The molecule has 0 saturated carbocycles. The molecule has 1 amide bonds. The van der Waals surface area contributed by atoms with Gasteiger partial charge in [0.1, 0.15) is 25.6 Å². The Morgan fingerprint density at radius 1 is 1.07 bits per heavy atom. The fraction of sp³-hybridized carbons (Fsp3) is 0.381. The molecule has 4 rings (SSSR count). The van der Waals surface area contributed by atoms with Gasteiger partial charge in [0.05, 0.1) is 5.92 Å². The predicted molar refractivity (Wildman–Crippen MR) is 101 cm³/mol. The van der Waals surface area contributed by atoms with Crippen molar-refractivity contribution in [2.75, 3.05) is 33.4 Å². The van der Waals surface area contributed by atoms with Crippen LogP contribution in [-0.4, -0.2) is 44.2 Å². The number of rotatable bonds is 6. The van der Waals surface area contributed by atoms with Crippen molar-refractivity contribution in [3.8, 4) is 17.2 Å². The van der Waals surface area contributed by atoms with E-state index in [1.54, 1.807) is 7.05 Å². The van der Waals surface area contributed by atoms with Crippen LogP contribution >= 0.6 is 0 Å². The van der Waals surface area contributed by atoms with Crippen molar-refractivity contribution in [2.24, 2.45) is 5.92 Å². The third-order valence-electron chi connectivity index (χ3n) is 4.92. The molecule has 142 valence electrons. The average Bonchev–Trinajstić information content (AvgIpc) is 2.69. The third kappa shape index (κ3) is 4.17. The minimum Gasteiger partial charge on any atom is -0.489 e. The molecule has 0 unspecified atom stereocenters. The summed E-state index contributed by atoms with van der Waals surface area (Å²) in [7, 11) is 1.69. The van der Waals surface area contributed by atoms with Crippen molar-refractivity contribution in [3.05, 3.63) is 53.6 Å². The van der Waals surface area contributed by atoms with Gasteiger partial charge >= 0.3 is 0 Å². The molecule has 2 aromatic carbocycles. The van der Waals surface area contributed by atoms with Gasteiger partial charge < -0.3 is 19.5 Å². The number of nitrogens with zero attached hydrogens (tertiary/aromatic N) is 1. The molecule has 6 nitrogen and oxygen atoms in total. The molecule has 27 heavy (non-hydrogen) atoms. The molecule has 0 atom stereocenters. The predicted octanol–water partition coefficient (Wildman–Crippen LogP) is 2.21. The highest BCUT2D eigenvalue weighted by atomic mass is 16.6. The number of hydrogen-bond donors (Lipinski definition) is 1. The van der Waals surface area contributed by atoms with E-state index in [1.165, 1.54) is 5.56 Å². The number of amides is 1. The topological polar surface area (TPSA) is 60.0 Å². The fourth-order valence-corrected chi connectivity index (χ4v) is 3.36. The number of nitrogens with one attached hydrogen (secondary N) is 1. The summed E-state index contributed by atoms with van der Waals surface area (Å²) >= 11 is 0. The van der Waals surface area contributed by atoms with Gasteiger partial charge in [0, 0.05) is 26.7 Å². The minimum absolute atomic E-state index is 0.128. The van der Waals surface area contributed by atoms with Gasteiger partial charge in [0.15, 0.2) is 11.5 Å². The van der Waals surface area contributed by atoms with Gasteiger partial charge in [-0.1, -0.05) is 18.2 Å². The van der Waals surface area contributed by atoms with Crippen molar-refractivity contribution in [2.45, 2.75) is 13.2 Å². The van der Waals surface area contributed by atoms with Crippen molar-refractivity contribution < 1.29 is 19.0 Å². The maximum Gasteiger partial charge on any atom is 0.225 e. The second-order valence-corrected chi connectivity index (χ2v) is 6.92. The molecular weight excluding hydrogens is 344 g/mol. The van der Waals surface area contributed by atoms with Gasteiger partial charge in [0.2, 0.25) is 5.91 Å². The maximum atomic E-state index is 11.5. The SMILES string of the molecule is CNC(=O)C1CN(Cc2ccc(OCc3ccc4c(c3)OCCO4)cc2)C1. The van der Waals surface area contributed by atoms with Crippen LogP contribution in [0, 0.1) is 5.92 Å². The molecular formula is C21H24N2O4. The van der Waals surface area contributed by atoms with E-state index in [0.29, 0.717) is 19.8 Å². The zero-order valence-electron chi connectivity index (χ0n) is 15.4. The lowest BCUT2D eigenvalue weighted by molar-refractivity contribution is -0.129. The van der Waals surface area contributed by atoms with E-state index < -0.39 is 0 Å². The lowest BCUT2D eigenvalue weighted by atomic mass is 9.98. The summed E-state index contributed by atoms with van der Waals surface area (Å²) in [5.74, 6) is 2.67. The van der Waals surface area contributed by atoms with E-state index in [-0.39, 0.29) is 11.8 Å². The Morgan fingerprint density at radius 3 is 2.52 bits per heavy atom. The number of carbonyl (C=O) groups excluding carboxylic acids is 1. The first-order chi connectivity index (χ1) is 13.2. The van der Waals surface area contributed by atoms with Crippen LogP contribution in [-0.2, 0) is 17.9 Å². The molecule has 6 heteroatoms. The van der Waals surface area contributed by atoms with Crippen molar-refractivity contribution >= 4 is 5.91 Å². The van der Waals surface area contributed by atoms with Crippen LogP contribution in [0.3, 0.4) is 0 Å². The van der Waals surface area contributed by atoms with Crippen LogP contribution in [0.2, 0.25) is 0 Å². The number of benzene rings is 2. The van der Waals surface area contributed by atoms with E-state index >= 15 is 0 Å². The molecule has 0 radical (unpaired) electrons. The van der Waals surface area contributed by atoms with Crippen LogP contribution in [0.15, 0.2) is 42.5 Å². The maximum absolute atomic E-state index is 11.5. The summed E-state index contributed by atoms with van der Waals surface area (Å²) in [5, 5.41) is 2.71. The normalized spacial score (nSPS) is 16.5. The number of hydrogen-bond acceptors (Lipinski definition) is 5. The number of ether oxygens (including phenoxy) is 3. The molecule has 1 fully saturated rings. The van der Waals surface area contributed by atoms with Crippen molar-refractivity contribution in [3.63, 3.8) is 0 Å². The Bertz CT molecular complexity index is 800. The van der Waals surface area contributed by atoms with Gasteiger partial charge in [-0.05, 0) is 35.4 Å². The van der Waals surface area contributed by atoms with Crippen LogP contribution in [0.1, 0.15) is 11.1 Å². The van der Waals surface area contributed by atoms with Crippen molar-refractivity contribution in [1.82, 2.24) is 10.2 Å². The van der Waals surface area contributed by atoms with Crippen LogP contribution in [0.4, 0.5) is 0 Å². The molecule has 0 aliphatic carbocycles. The summed E-state index contributed by atoms with van der Waals surface area (Å²) in [6.07, 6.45) is 0. The molecule has 0 spiro atoms. The van der Waals surface area contributed by atoms with Crippen LogP contribution in [0.25, 0.3) is 0 Å². The monoisotopic (exact) mass is 368 g/mol. The third-order valence-corrected chi connectivity index (χ3v) is 4.92. The summed E-state index contributed by atoms with van der Waals surface area (Å²) in [6.45, 7) is 4.16. The van der Waals surface area contributed by atoms with E-state index in [4.69, 9.17) is 14.2 Å². The zero-order chi connectivity index (χ0) is 18.6. The van der Waals surface area contributed by atoms with Gasteiger partial charge in [-0.25, -0.2) is 0 Å². The minimum atomic E-state index is 0.128. The quantitative estimate of drug-likeness (QED) is 0.847. The second kappa shape index (κ2) is 7.88. The lowest BCUT2D eigenvalue weighted by Gasteiger charge is -2.38. The number of likely N-dealkylation sites (tertiary alicyclic amines) is 1. The van der Waals surface area contributed by atoms with E-state index in [0.717, 1.165) is 42.4 Å². The van der Waals surface area contributed by atoms with Crippen LogP contribution in [0.5, 0.6) is 17.2 Å². The first kappa shape index (κ1) is 17.7. The Balaban J connectivity index is 1.27. The largest absolute Gasteiger partial charge is 0.489 e. The Morgan fingerprint density at radius 2 is 1.78 bits per heavy atom. The van der Waals surface area contributed by atoms with E-state index in [2.05, 4.69) is 22.3 Å². The second-order valence-electron chi connectivity index (χ2n) is 6.92. The molecule has 0 bridgehead atoms. The van der Waals surface area contributed by atoms with E-state index in [1.807, 2.05) is 30.3 Å².